The zero-order valence-corrected chi connectivity index (χ0v) is 12.0. The average molecular weight is 278 g/mol. The van der Waals surface area contributed by atoms with Crippen molar-refractivity contribution >= 4 is 5.69 Å². The molecule has 2 aromatic heterocycles. The van der Waals surface area contributed by atoms with Gasteiger partial charge < -0.3 is 5.32 Å². The Morgan fingerprint density at radius 2 is 2.05 bits per heavy atom. The van der Waals surface area contributed by atoms with E-state index in [0.29, 0.717) is 0 Å². The highest BCUT2D eigenvalue weighted by Crippen LogP contribution is 2.18. The van der Waals surface area contributed by atoms with Crippen molar-refractivity contribution in [2.45, 2.75) is 19.5 Å². The number of hydrogen-bond donors (Lipinski definition) is 1. The maximum absolute atomic E-state index is 4.38. The van der Waals surface area contributed by atoms with Crippen molar-refractivity contribution in [1.82, 2.24) is 14.8 Å². The van der Waals surface area contributed by atoms with Crippen molar-refractivity contribution in [3.8, 4) is 0 Å². The van der Waals surface area contributed by atoms with Crippen molar-refractivity contribution in [3.05, 3.63) is 78.4 Å². The highest BCUT2D eigenvalue weighted by molar-refractivity contribution is 5.47. The molecule has 0 amide bonds. The second kappa shape index (κ2) is 6.22. The summed E-state index contributed by atoms with van der Waals surface area (Å²) in [5.74, 6) is 0. The van der Waals surface area contributed by atoms with Crippen LogP contribution in [0, 0.1) is 0 Å². The number of rotatable bonds is 5. The lowest BCUT2D eigenvalue weighted by molar-refractivity contribution is 0.687. The summed E-state index contributed by atoms with van der Waals surface area (Å²) in [5.41, 5.74) is 3.35. The van der Waals surface area contributed by atoms with Crippen LogP contribution in [0.25, 0.3) is 0 Å². The van der Waals surface area contributed by atoms with Crippen molar-refractivity contribution in [2.24, 2.45) is 0 Å². The largest absolute Gasteiger partial charge is 0.377 e. The van der Waals surface area contributed by atoms with Gasteiger partial charge in [-0.3, -0.25) is 9.67 Å². The summed E-state index contributed by atoms with van der Waals surface area (Å²) in [7, 11) is 0. The second-order valence-electron chi connectivity index (χ2n) is 5.02. The van der Waals surface area contributed by atoms with Crippen LogP contribution < -0.4 is 5.32 Å². The van der Waals surface area contributed by atoms with E-state index in [9.17, 15) is 0 Å². The van der Waals surface area contributed by atoms with Gasteiger partial charge in [0, 0.05) is 24.3 Å². The standard InChI is InChI=1S/C17H18N4/c1-14(17-8-2-3-9-18-17)20-16-7-4-6-15(12-16)13-21-11-5-10-19-21/h2-12,14,20H,13H2,1H3. The first kappa shape index (κ1) is 13.4. The number of hydrogen-bond acceptors (Lipinski definition) is 3. The monoisotopic (exact) mass is 278 g/mol. The Labute approximate surface area is 124 Å². The minimum absolute atomic E-state index is 0.172. The predicted molar refractivity (Wildman–Crippen MR) is 84.0 cm³/mol. The van der Waals surface area contributed by atoms with E-state index in [1.54, 1.807) is 6.20 Å². The zero-order chi connectivity index (χ0) is 14.5. The van der Waals surface area contributed by atoms with Crippen LogP contribution in [-0.2, 0) is 6.54 Å². The Hall–Kier alpha value is -2.62. The van der Waals surface area contributed by atoms with Crippen LogP contribution in [0.4, 0.5) is 5.69 Å². The molecule has 2 heterocycles. The molecule has 106 valence electrons. The molecule has 4 heteroatoms. The topological polar surface area (TPSA) is 42.7 Å². The molecule has 3 aromatic rings. The normalized spacial score (nSPS) is 12.0. The third-order valence-corrected chi connectivity index (χ3v) is 3.35. The van der Waals surface area contributed by atoms with Gasteiger partial charge in [-0.1, -0.05) is 18.2 Å². The van der Waals surface area contributed by atoms with Crippen molar-refractivity contribution in [2.75, 3.05) is 5.32 Å². The van der Waals surface area contributed by atoms with E-state index in [0.717, 1.165) is 17.9 Å². The maximum atomic E-state index is 4.38. The summed E-state index contributed by atoms with van der Waals surface area (Å²) >= 11 is 0. The Balaban J connectivity index is 1.71. The van der Waals surface area contributed by atoms with Gasteiger partial charge in [0.25, 0.3) is 0 Å². The number of anilines is 1. The maximum Gasteiger partial charge on any atom is 0.0660 e. The molecule has 0 fully saturated rings. The summed E-state index contributed by atoms with van der Waals surface area (Å²) in [6.45, 7) is 2.89. The van der Waals surface area contributed by atoms with Crippen LogP contribution in [0.3, 0.4) is 0 Å². The third-order valence-electron chi connectivity index (χ3n) is 3.35. The lowest BCUT2D eigenvalue weighted by Crippen LogP contribution is -2.08. The minimum Gasteiger partial charge on any atom is -0.377 e. The van der Waals surface area contributed by atoms with Crippen molar-refractivity contribution in [3.63, 3.8) is 0 Å². The van der Waals surface area contributed by atoms with E-state index >= 15 is 0 Å². The lowest BCUT2D eigenvalue weighted by Gasteiger charge is -2.15. The van der Waals surface area contributed by atoms with Crippen molar-refractivity contribution in [1.29, 1.82) is 0 Å². The number of nitrogens with zero attached hydrogens (tertiary/aromatic N) is 3. The Kier molecular flexibility index (Phi) is 3.96. The SMILES string of the molecule is CC(Nc1cccc(Cn2cccn2)c1)c1ccccn1. The van der Waals surface area contributed by atoms with Crippen LogP contribution in [0.1, 0.15) is 24.2 Å². The molecule has 21 heavy (non-hydrogen) atoms. The Bertz CT molecular complexity index is 677. The number of aromatic nitrogens is 3. The summed E-state index contributed by atoms with van der Waals surface area (Å²) < 4.78 is 1.92. The second-order valence-corrected chi connectivity index (χ2v) is 5.02. The number of benzene rings is 1. The summed E-state index contributed by atoms with van der Waals surface area (Å²) in [6, 6.07) is 16.5. The van der Waals surface area contributed by atoms with Crippen molar-refractivity contribution < 1.29 is 0 Å². The van der Waals surface area contributed by atoms with Gasteiger partial charge in [-0.2, -0.15) is 5.10 Å². The zero-order valence-electron chi connectivity index (χ0n) is 12.0. The molecule has 1 unspecified atom stereocenters. The van der Waals surface area contributed by atoms with Crippen LogP contribution in [0.5, 0.6) is 0 Å². The van der Waals surface area contributed by atoms with E-state index in [-0.39, 0.29) is 6.04 Å². The molecule has 0 bridgehead atoms. The van der Waals surface area contributed by atoms with Crippen LogP contribution in [0.15, 0.2) is 67.1 Å². The van der Waals surface area contributed by atoms with E-state index in [1.165, 1.54) is 5.56 Å². The quantitative estimate of drug-likeness (QED) is 0.776. The molecule has 0 radical (unpaired) electrons. The molecule has 1 N–H and O–H groups in total. The lowest BCUT2D eigenvalue weighted by atomic mass is 10.1. The number of pyridine rings is 1. The molecule has 0 aliphatic carbocycles. The van der Waals surface area contributed by atoms with Gasteiger partial charge in [-0.05, 0) is 42.8 Å². The molecule has 1 aromatic carbocycles. The minimum atomic E-state index is 0.172. The fourth-order valence-electron chi connectivity index (χ4n) is 2.30. The fourth-order valence-corrected chi connectivity index (χ4v) is 2.30. The van der Waals surface area contributed by atoms with Gasteiger partial charge in [-0.25, -0.2) is 0 Å². The predicted octanol–water partition coefficient (Wildman–Crippen LogP) is 3.50. The molecule has 1 atom stereocenters. The molecular formula is C17H18N4. The smallest absolute Gasteiger partial charge is 0.0660 e. The van der Waals surface area contributed by atoms with Crippen LogP contribution in [-0.4, -0.2) is 14.8 Å². The Morgan fingerprint density at radius 3 is 2.81 bits per heavy atom. The van der Waals surface area contributed by atoms with E-state index in [2.05, 4.69) is 46.6 Å². The molecule has 0 spiro atoms. The molecular weight excluding hydrogens is 260 g/mol. The Morgan fingerprint density at radius 1 is 1.10 bits per heavy atom. The van der Waals surface area contributed by atoms with Gasteiger partial charge in [0.1, 0.15) is 0 Å². The first-order valence-electron chi connectivity index (χ1n) is 7.05. The molecule has 0 saturated heterocycles. The summed E-state index contributed by atoms with van der Waals surface area (Å²) in [5, 5.41) is 7.72. The van der Waals surface area contributed by atoms with Crippen LogP contribution in [0.2, 0.25) is 0 Å². The van der Waals surface area contributed by atoms with Crippen LogP contribution >= 0.6 is 0 Å². The van der Waals surface area contributed by atoms with E-state index in [4.69, 9.17) is 0 Å². The summed E-state index contributed by atoms with van der Waals surface area (Å²) in [4.78, 5) is 4.38. The average Bonchev–Trinajstić information content (AvgIpc) is 3.01. The molecule has 0 aliphatic heterocycles. The van der Waals surface area contributed by atoms with Gasteiger partial charge in [0.2, 0.25) is 0 Å². The first-order valence-corrected chi connectivity index (χ1v) is 7.05. The van der Waals surface area contributed by atoms with Gasteiger partial charge in [-0.15, -0.1) is 0 Å². The first-order chi connectivity index (χ1) is 10.3. The third kappa shape index (κ3) is 3.48. The molecule has 0 aliphatic rings. The summed E-state index contributed by atoms with van der Waals surface area (Å²) in [6.07, 6.45) is 5.59. The van der Waals surface area contributed by atoms with E-state index in [1.807, 2.05) is 41.3 Å². The molecule has 0 saturated carbocycles. The van der Waals surface area contributed by atoms with Gasteiger partial charge in [0.05, 0.1) is 18.3 Å². The van der Waals surface area contributed by atoms with Gasteiger partial charge >= 0.3 is 0 Å². The molecule has 4 nitrogen and oxygen atoms in total. The number of nitrogens with one attached hydrogen (secondary N) is 1. The van der Waals surface area contributed by atoms with Gasteiger partial charge in [0.15, 0.2) is 0 Å². The highest BCUT2D eigenvalue weighted by atomic mass is 15.3. The van der Waals surface area contributed by atoms with E-state index < -0.39 is 0 Å². The molecule has 3 rings (SSSR count). The highest BCUT2D eigenvalue weighted by Gasteiger charge is 2.06. The fraction of sp³-hybridized carbons (Fsp3) is 0.176.